The Morgan fingerprint density at radius 2 is 1.89 bits per heavy atom. The minimum atomic E-state index is 0.439. The first-order valence-electron chi connectivity index (χ1n) is 3.59. The molecule has 0 aliphatic heterocycles. The average Bonchev–Trinajstić information content (AvgIpc) is 1.64. The van der Waals surface area contributed by atoms with E-state index < -0.39 is 0 Å². The predicted molar refractivity (Wildman–Crippen MR) is 43.4 cm³/mol. The third-order valence-electron chi connectivity index (χ3n) is 2.00. The van der Waals surface area contributed by atoms with Gasteiger partial charge < -0.3 is 0 Å². The van der Waals surface area contributed by atoms with E-state index in [1.54, 1.807) is 0 Å². The number of hydrogen-bond acceptors (Lipinski definition) is 0. The van der Waals surface area contributed by atoms with E-state index in [1.807, 2.05) is 6.08 Å². The van der Waals surface area contributed by atoms with Gasteiger partial charge in [0.05, 0.1) is 0 Å². The van der Waals surface area contributed by atoms with Crippen LogP contribution in [0, 0.1) is 11.3 Å². The van der Waals surface area contributed by atoms with Gasteiger partial charge in [-0.25, -0.2) is 0 Å². The van der Waals surface area contributed by atoms with Crippen molar-refractivity contribution in [3.8, 4) is 0 Å². The minimum Gasteiger partial charge on any atom is -0.103 e. The molecular weight excluding hydrogens is 108 g/mol. The molecule has 0 heteroatoms. The molecule has 0 rings (SSSR count). The molecule has 0 aliphatic carbocycles. The molecule has 0 spiro atoms. The van der Waals surface area contributed by atoms with E-state index >= 15 is 0 Å². The summed E-state index contributed by atoms with van der Waals surface area (Å²) in [5.74, 6) is 0.745. The summed E-state index contributed by atoms with van der Waals surface area (Å²) in [4.78, 5) is 0. The molecule has 0 fully saturated rings. The summed E-state index contributed by atoms with van der Waals surface area (Å²) in [5, 5.41) is 0. The smallest absolute Gasteiger partial charge is 0.0323 e. The Labute approximate surface area is 59.0 Å². The van der Waals surface area contributed by atoms with Crippen LogP contribution >= 0.6 is 0 Å². The Kier molecular flexibility index (Phi) is 2.96. The van der Waals surface area contributed by atoms with Gasteiger partial charge in [-0.1, -0.05) is 33.8 Å². The monoisotopic (exact) mass is 126 g/mol. The first-order valence-corrected chi connectivity index (χ1v) is 3.59. The maximum Gasteiger partial charge on any atom is -0.0323 e. The Balaban J connectivity index is 3.72. The van der Waals surface area contributed by atoms with Crippen molar-refractivity contribution >= 4 is 0 Å². The van der Waals surface area contributed by atoms with E-state index in [0.29, 0.717) is 5.41 Å². The highest BCUT2D eigenvalue weighted by molar-refractivity contribution is 4.77. The SMILES string of the molecule is C=CC[C@H](C)C(C)(C)C. The van der Waals surface area contributed by atoms with Crippen LogP contribution in [0.4, 0.5) is 0 Å². The van der Waals surface area contributed by atoms with Crippen LogP contribution in [0.15, 0.2) is 12.7 Å². The lowest BCUT2D eigenvalue weighted by atomic mass is 9.80. The maximum atomic E-state index is 3.71. The van der Waals surface area contributed by atoms with Crippen molar-refractivity contribution in [3.05, 3.63) is 12.7 Å². The fraction of sp³-hybridized carbons (Fsp3) is 0.778. The van der Waals surface area contributed by atoms with Crippen molar-refractivity contribution in [2.45, 2.75) is 34.1 Å². The molecule has 0 saturated carbocycles. The van der Waals surface area contributed by atoms with Crippen molar-refractivity contribution < 1.29 is 0 Å². The molecule has 0 aromatic rings. The zero-order valence-corrected chi connectivity index (χ0v) is 7.07. The molecule has 0 heterocycles. The molecule has 0 unspecified atom stereocenters. The Morgan fingerprint density at radius 3 is 2.00 bits per heavy atom. The van der Waals surface area contributed by atoms with Gasteiger partial charge in [0, 0.05) is 0 Å². The topological polar surface area (TPSA) is 0 Å². The van der Waals surface area contributed by atoms with Gasteiger partial charge in [-0.15, -0.1) is 6.58 Å². The molecule has 0 saturated heterocycles. The van der Waals surface area contributed by atoms with E-state index in [4.69, 9.17) is 0 Å². The highest BCUT2D eigenvalue weighted by atomic mass is 14.2. The van der Waals surface area contributed by atoms with Gasteiger partial charge in [-0.05, 0) is 17.8 Å². The molecule has 0 bridgehead atoms. The van der Waals surface area contributed by atoms with Crippen LogP contribution in [0.3, 0.4) is 0 Å². The van der Waals surface area contributed by atoms with Crippen molar-refractivity contribution in [1.82, 2.24) is 0 Å². The largest absolute Gasteiger partial charge is 0.103 e. The van der Waals surface area contributed by atoms with Crippen LogP contribution in [0.1, 0.15) is 34.1 Å². The molecule has 0 aliphatic rings. The lowest BCUT2D eigenvalue weighted by Crippen LogP contribution is -2.16. The van der Waals surface area contributed by atoms with Crippen LogP contribution in [0.5, 0.6) is 0 Å². The minimum absolute atomic E-state index is 0.439. The normalized spacial score (nSPS) is 15.1. The van der Waals surface area contributed by atoms with E-state index in [9.17, 15) is 0 Å². The van der Waals surface area contributed by atoms with Crippen molar-refractivity contribution in [2.24, 2.45) is 11.3 Å². The van der Waals surface area contributed by atoms with Gasteiger partial charge in [0.2, 0.25) is 0 Å². The summed E-state index contributed by atoms with van der Waals surface area (Å²) in [7, 11) is 0. The fourth-order valence-electron chi connectivity index (χ4n) is 0.604. The molecule has 0 radical (unpaired) electrons. The highest BCUT2D eigenvalue weighted by Crippen LogP contribution is 2.27. The molecule has 54 valence electrons. The van der Waals surface area contributed by atoms with Gasteiger partial charge in [-0.3, -0.25) is 0 Å². The van der Waals surface area contributed by atoms with Gasteiger partial charge in [0.1, 0.15) is 0 Å². The first-order chi connectivity index (χ1) is 3.98. The van der Waals surface area contributed by atoms with Crippen LogP contribution in [0.25, 0.3) is 0 Å². The van der Waals surface area contributed by atoms with Crippen molar-refractivity contribution in [1.29, 1.82) is 0 Å². The molecule has 0 amide bonds. The van der Waals surface area contributed by atoms with Crippen LogP contribution in [0.2, 0.25) is 0 Å². The molecule has 9 heavy (non-hydrogen) atoms. The van der Waals surface area contributed by atoms with Gasteiger partial charge in [0.15, 0.2) is 0 Å². The fourth-order valence-corrected chi connectivity index (χ4v) is 0.604. The maximum absolute atomic E-state index is 3.71. The van der Waals surface area contributed by atoms with Crippen LogP contribution in [-0.4, -0.2) is 0 Å². The summed E-state index contributed by atoms with van der Waals surface area (Å²) in [6.45, 7) is 12.8. The van der Waals surface area contributed by atoms with Gasteiger partial charge >= 0.3 is 0 Å². The van der Waals surface area contributed by atoms with Crippen LogP contribution in [-0.2, 0) is 0 Å². The lowest BCUT2D eigenvalue weighted by Gasteiger charge is -2.25. The summed E-state index contributed by atoms with van der Waals surface area (Å²) in [6.07, 6.45) is 3.12. The number of allylic oxidation sites excluding steroid dienone is 1. The second kappa shape index (κ2) is 3.05. The zero-order chi connectivity index (χ0) is 7.49. The third kappa shape index (κ3) is 3.34. The van der Waals surface area contributed by atoms with Crippen LogP contribution < -0.4 is 0 Å². The predicted octanol–water partition coefficient (Wildman–Crippen LogP) is 3.24. The molecular formula is C9H18. The molecule has 0 aromatic heterocycles. The van der Waals surface area contributed by atoms with E-state index in [-0.39, 0.29) is 0 Å². The zero-order valence-electron chi connectivity index (χ0n) is 7.07. The lowest BCUT2D eigenvalue weighted by molar-refractivity contribution is 0.264. The quantitative estimate of drug-likeness (QED) is 0.498. The van der Waals surface area contributed by atoms with E-state index in [0.717, 1.165) is 12.3 Å². The van der Waals surface area contributed by atoms with Gasteiger partial charge in [-0.2, -0.15) is 0 Å². The molecule has 0 aromatic carbocycles. The molecule has 1 atom stereocenters. The summed E-state index contributed by atoms with van der Waals surface area (Å²) in [6, 6.07) is 0. The Morgan fingerprint density at radius 1 is 1.44 bits per heavy atom. The Hall–Kier alpha value is -0.260. The second-order valence-corrected chi connectivity index (χ2v) is 3.79. The van der Waals surface area contributed by atoms with E-state index in [2.05, 4.69) is 34.3 Å². The van der Waals surface area contributed by atoms with Crippen molar-refractivity contribution in [3.63, 3.8) is 0 Å². The van der Waals surface area contributed by atoms with Crippen molar-refractivity contribution in [2.75, 3.05) is 0 Å². The summed E-state index contributed by atoms with van der Waals surface area (Å²) >= 11 is 0. The first kappa shape index (κ1) is 8.74. The summed E-state index contributed by atoms with van der Waals surface area (Å²) in [5.41, 5.74) is 0.439. The Bertz CT molecular complexity index is 84.7. The highest BCUT2D eigenvalue weighted by Gasteiger charge is 2.17. The van der Waals surface area contributed by atoms with Gasteiger partial charge in [0.25, 0.3) is 0 Å². The third-order valence-corrected chi connectivity index (χ3v) is 2.00. The van der Waals surface area contributed by atoms with E-state index in [1.165, 1.54) is 0 Å². The molecule has 0 nitrogen and oxygen atoms in total. The summed E-state index contributed by atoms with van der Waals surface area (Å²) < 4.78 is 0. The number of rotatable bonds is 2. The standard InChI is InChI=1S/C9H18/c1-6-7-8(2)9(3,4)5/h6,8H,1,7H2,2-5H3/t8-/m0/s1. The number of hydrogen-bond donors (Lipinski definition) is 0. The molecule has 0 N–H and O–H groups in total. The average molecular weight is 126 g/mol. The second-order valence-electron chi connectivity index (χ2n) is 3.79.